The molecule has 0 saturated heterocycles. The van der Waals surface area contributed by atoms with Gasteiger partial charge in [-0.1, -0.05) is 19.4 Å². The first-order chi connectivity index (χ1) is 9.86. The zero-order chi connectivity index (χ0) is 16.7. The molecule has 0 aliphatic carbocycles. The smallest absolute Gasteiger partial charge is 0.310 e. The lowest BCUT2D eigenvalue weighted by atomic mass is 10.2. The van der Waals surface area contributed by atoms with Gasteiger partial charge >= 0.3 is 10.2 Å². The van der Waals surface area contributed by atoms with Gasteiger partial charge in [-0.25, -0.2) is 4.98 Å². The minimum atomic E-state index is -9.74. The van der Waals surface area contributed by atoms with Crippen LogP contribution in [0.1, 0.15) is 10.4 Å². The first-order valence-electron chi connectivity index (χ1n) is 5.66. The van der Waals surface area contributed by atoms with Gasteiger partial charge in [-0.2, -0.15) is 0 Å². The zero-order valence-corrected chi connectivity index (χ0v) is 11.5. The fraction of sp³-hybridized carbons (Fsp3) is 0. The fourth-order valence-electron chi connectivity index (χ4n) is 1.57. The first-order valence-corrected chi connectivity index (χ1v) is 7.61. The third-order valence-electron chi connectivity index (χ3n) is 2.59. The molecule has 22 heavy (non-hydrogen) atoms. The van der Waals surface area contributed by atoms with Gasteiger partial charge in [0.1, 0.15) is 10.5 Å². The topological polar surface area (TPSA) is 62.2 Å². The molecule has 0 aliphatic rings. The van der Waals surface area contributed by atoms with Crippen molar-refractivity contribution >= 4 is 21.8 Å². The van der Waals surface area contributed by atoms with Crippen LogP contribution in [0, 0.1) is 0 Å². The summed E-state index contributed by atoms with van der Waals surface area (Å²) < 4.78 is 62.7. The molecule has 0 atom stereocenters. The van der Waals surface area contributed by atoms with Gasteiger partial charge in [-0.3, -0.25) is 4.79 Å². The third kappa shape index (κ3) is 3.64. The molecule has 0 saturated carbocycles. The van der Waals surface area contributed by atoms with E-state index >= 15 is 0 Å². The van der Waals surface area contributed by atoms with Crippen LogP contribution in [-0.4, -0.2) is 16.0 Å². The molecule has 0 unspecified atom stereocenters. The highest BCUT2D eigenvalue weighted by Crippen LogP contribution is 3.02. The van der Waals surface area contributed by atoms with E-state index in [-0.39, 0.29) is 23.4 Å². The molecular formula is C12H9F5N2O2S. The number of nitrogens with zero attached hydrogens (tertiary/aromatic N) is 1. The molecule has 2 rings (SSSR count). The normalized spacial score (nSPS) is 14.8. The predicted octanol–water partition coefficient (Wildman–Crippen LogP) is 4.70. The largest absolute Gasteiger partial charge is 0.493 e. The van der Waals surface area contributed by atoms with Gasteiger partial charge in [0.15, 0.2) is 0 Å². The summed E-state index contributed by atoms with van der Waals surface area (Å²) in [6.45, 7) is 0. The molecular weight excluding hydrogens is 331 g/mol. The molecule has 0 bridgehead atoms. The highest BCUT2D eigenvalue weighted by Gasteiger charge is 2.65. The summed E-state index contributed by atoms with van der Waals surface area (Å²) in [7, 11) is -9.74. The number of pyridine rings is 1. The molecule has 4 nitrogen and oxygen atoms in total. The maximum Gasteiger partial charge on any atom is 0.310 e. The number of rotatable bonds is 3. The van der Waals surface area contributed by atoms with Gasteiger partial charge in [-0.05, 0) is 36.4 Å². The van der Waals surface area contributed by atoms with Crippen molar-refractivity contribution in [3.63, 3.8) is 0 Å². The van der Waals surface area contributed by atoms with Crippen molar-refractivity contribution in [3.8, 4) is 5.88 Å². The molecule has 120 valence electrons. The van der Waals surface area contributed by atoms with Crippen LogP contribution < -0.4 is 5.32 Å². The molecule has 0 aliphatic heterocycles. The summed E-state index contributed by atoms with van der Waals surface area (Å²) >= 11 is 0. The monoisotopic (exact) mass is 340 g/mol. The van der Waals surface area contributed by atoms with E-state index in [9.17, 15) is 29.3 Å². The summed E-state index contributed by atoms with van der Waals surface area (Å²) in [6, 6.07) is 4.35. The number of carbonyl (C=O) groups is 1. The Labute approximate surface area is 121 Å². The summed E-state index contributed by atoms with van der Waals surface area (Å²) in [4.78, 5) is 13.2. The predicted molar refractivity (Wildman–Crippen MR) is 71.7 cm³/mol. The van der Waals surface area contributed by atoms with Crippen molar-refractivity contribution in [2.75, 3.05) is 5.32 Å². The number of benzene rings is 1. The molecule has 0 fully saturated rings. The Bertz CT molecular complexity index is 732. The van der Waals surface area contributed by atoms with E-state index < -0.39 is 26.9 Å². The Balaban J connectivity index is 2.23. The molecule has 10 heteroatoms. The van der Waals surface area contributed by atoms with Crippen molar-refractivity contribution in [3.05, 3.63) is 48.2 Å². The van der Waals surface area contributed by atoms with Crippen LogP contribution in [0.4, 0.5) is 25.1 Å². The number of amides is 1. The number of anilines is 1. The second-order valence-corrected chi connectivity index (χ2v) is 6.73. The van der Waals surface area contributed by atoms with Crippen molar-refractivity contribution in [2.45, 2.75) is 4.90 Å². The van der Waals surface area contributed by atoms with Crippen LogP contribution in [0.2, 0.25) is 0 Å². The average Bonchev–Trinajstić information content (AvgIpc) is 2.37. The second-order valence-electron chi connectivity index (χ2n) is 4.32. The van der Waals surface area contributed by atoms with E-state index in [2.05, 4.69) is 10.3 Å². The molecule has 2 N–H and O–H groups in total. The minimum Gasteiger partial charge on any atom is -0.493 e. The van der Waals surface area contributed by atoms with Crippen LogP contribution in [0.25, 0.3) is 0 Å². The number of carbonyl (C=O) groups excluding carboxylic acids is 1. The van der Waals surface area contributed by atoms with E-state index in [0.29, 0.717) is 12.1 Å². The summed E-state index contributed by atoms with van der Waals surface area (Å²) in [5, 5.41) is 11.5. The molecule has 1 heterocycles. The molecule has 1 amide bonds. The maximum atomic E-state index is 12.5. The van der Waals surface area contributed by atoms with E-state index in [4.69, 9.17) is 0 Å². The van der Waals surface area contributed by atoms with Crippen LogP contribution >= 0.6 is 10.2 Å². The standard InChI is InChI=1S/C12H9F5N2O2S/c13-22(14,15,16,17)9-5-3-8(4-6-9)19-12(21)10-2-1-7-18-11(10)20/h1-7H,(H,18,20)(H,19,21). The molecule has 0 spiro atoms. The number of hydrogen-bond donors (Lipinski definition) is 2. The van der Waals surface area contributed by atoms with Crippen molar-refractivity contribution < 1.29 is 29.3 Å². The van der Waals surface area contributed by atoms with Crippen molar-refractivity contribution in [1.29, 1.82) is 0 Å². The Morgan fingerprint density at radius 3 is 2.14 bits per heavy atom. The Morgan fingerprint density at radius 2 is 1.64 bits per heavy atom. The summed E-state index contributed by atoms with van der Waals surface area (Å²) in [5.41, 5.74) is -0.349. The summed E-state index contributed by atoms with van der Waals surface area (Å²) in [6.07, 6.45) is 1.23. The average molecular weight is 340 g/mol. The number of aromatic nitrogens is 1. The van der Waals surface area contributed by atoms with E-state index in [1.807, 2.05) is 0 Å². The van der Waals surface area contributed by atoms with E-state index in [0.717, 1.165) is 0 Å². The van der Waals surface area contributed by atoms with Crippen LogP contribution in [-0.2, 0) is 0 Å². The van der Waals surface area contributed by atoms with Gasteiger partial charge in [-0.15, -0.1) is 0 Å². The van der Waals surface area contributed by atoms with Crippen LogP contribution in [0.15, 0.2) is 47.5 Å². The molecule has 0 radical (unpaired) electrons. The first kappa shape index (κ1) is 16.0. The van der Waals surface area contributed by atoms with E-state index in [1.165, 1.54) is 18.3 Å². The van der Waals surface area contributed by atoms with Gasteiger partial charge < -0.3 is 10.4 Å². The third-order valence-corrected chi connectivity index (χ3v) is 3.75. The van der Waals surface area contributed by atoms with Gasteiger partial charge in [0, 0.05) is 11.9 Å². The van der Waals surface area contributed by atoms with Gasteiger partial charge in [0.05, 0.1) is 0 Å². The fourth-order valence-corrected chi connectivity index (χ4v) is 2.22. The number of nitrogens with one attached hydrogen (secondary N) is 1. The lowest BCUT2D eigenvalue weighted by Crippen LogP contribution is -2.13. The lowest BCUT2D eigenvalue weighted by Gasteiger charge is -2.40. The molecule has 1 aromatic carbocycles. The van der Waals surface area contributed by atoms with Crippen LogP contribution in [0.3, 0.4) is 0 Å². The maximum absolute atomic E-state index is 12.5. The Hall–Kier alpha value is -2.36. The van der Waals surface area contributed by atoms with Crippen molar-refractivity contribution in [2.24, 2.45) is 0 Å². The van der Waals surface area contributed by atoms with Gasteiger partial charge in [0.25, 0.3) is 5.91 Å². The molecule has 1 aromatic heterocycles. The minimum absolute atomic E-state index is 0.140. The number of hydrogen-bond acceptors (Lipinski definition) is 3. The quantitative estimate of drug-likeness (QED) is 0.797. The van der Waals surface area contributed by atoms with Crippen molar-refractivity contribution in [1.82, 2.24) is 4.98 Å². The zero-order valence-electron chi connectivity index (χ0n) is 10.6. The second kappa shape index (κ2) is 4.32. The highest BCUT2D eigenvalue weighted by atomic mass is 32.5. The lowest BCUT2D eigenvalue weighted by molar-refractivity contribution is 0.102. The van der Waals surface area contributed by atoms with E-state index in [1.54, 1.807) is 0 Å². The number of aromatic hydroxyl groups is 1. The van der Waals surface area contributed by atoms with Crippen LogP contribution in [0.5, 0.6) is 5.88 Å². The molecule has 2 aromatic rings. The number of halogens is 5. The SMILES string of the molecule is O=C(Nc1ccc(S(F)(F)(F)(F)F)cc1)c1cccnc1O. The Morgan fingerprint density at radius 1 is 1.05 bits per heavy atom. The Kier molecular flexibility index (Phi) is 3.15. The van der Waals surface area contributed by atoms with Gasteiger partial charge in [0.2, 0.25) is 5.88 Å². The highest BCUT2D eigenvalue weighted by molar-refractivity contribution is 8.45. The summed E-state index contributed by atoms with van der Waals surface area (Å²) in [5.74, 6) is -1.41.